The molecule has 3 heteroatoms. The second kappa shape index (κ2) is 13.2. The van der Waals surface area contributed by atoms with E-state index in [1.165, 1.54) is 12.5 Å². The Morgan fingerprint density at radius 2 is 1.73 bits per heavy atom. The van der Waals surface area contributed by atoms with E-state index in [1.54, 1.807) is 0 Å². The van der Waals surface area contributed by atoms with Crippen molar-refractivity contribution < 1.29 is 14.9 Å². The normalized spacial score (nSPS) is 11.3. The van der Waals surface area contributed by atoms with Crippen molar-refractivity contribution in [1.29, 1.82) is 0 Å². The Morgan fingerprint density at radius 3 is 1.93 bits per heavy atom. The molecule has 1 atom stereocenters. The number of aliphatic hydroxyl groups is 2. The highest BCUT2D eigenvalue weighted by molar-refractivity contribution is 4.58. The molecule has 0 saturated heterocycles. The van der Waals surface area contributed by atoms with Crippen molar-refractivity contribution >= 4 is 0 Å². The zero-order chi connectivity index (χ0) is 12.1. The van der Waals surface area contributed by atoms with E-state index in [9.17, 15) is 0 Å². The first-order valence-electron chi connectivity index (χ1n) is 5.37. The van der Waals surface area contributed by atoms with Crippen molar-refractivity contribution in [2.75, 3.05) is 0 Å². The standard InChI is InChI=1S/C8H18O2.C4H6O/c1-3-5-6-7(4-2)8(9)10;1-3-5-4-2/h7-10H,3-6H2,1-2H3;3-4H,1-2H2. The van der Waals surface area contributed by atoms with Crippen molar-refractivity contribution in [3.05, 3.63) is 25.7 Å². The van der Waals surface area contributed by atoms with Crippen molar-refractivity contribution in [3.8, 4) is 0 Å². The Bertz CT molecular complexity index is 138. The molecule has 90 valence electrons. The lowest BCUT2D eigenvalue weighted by Crippen LogP contribution is -2.18. The second-order valence-corrected chi connectivity index (χ2v) is 3.19. The van der Waals surface area contributed by atoms with E-state index in [-0.39, 0.29) is 5.92 Å². The third-order valence-corrected chi connectivity index (χ3v) is 2.07. The van der Waals surface area contributed by atoms with Crippen LogP contribution in [0.5, 0.6) is 0 Å². The smallest absolute Gasteiger partial charge is 0.154 e. The van der Waals surface area contributed by atoms with E-state index in [2.05, 4.69) is 24.8 Å². The van der Waals surface area contributed by atoms with E-state index in [0.717, 1.165) is 25.7 Å². The first kappa shape index (κ1) is 16.6. The molecule has 0 aliphatic rings. The van der Waals surface area contributed by atoms with Gasteiger partial charge in [0.15, 0.2) is 6.29 Å². The fourth-order valence-corrected chi connectivity index (χ4v) is 1.10. The molecule has 0 amide bonds. The lowest BCUT2D eigenvalue weighted by atomic mass is 9.99. The van der Waals surface area contributed by atoms with Crippen molar-refractivity contribution in [2.24, 2.45) is 5.92 Å². The summed E-state index contributed by atoms with van der Waals surface area (Å²) in [5, 5.41) is 17.6. The van der Waals surface area contributed by atoms with E-state index >= 15 is 0 Å². The quantitative estimate of drug-likeness (QED) is 0.508. The predicted octanol–water partition coefficient (Wildman–Crippen LogP) is 2.80. The Hall–Kier alpha value is -0.800. The summed E-state index contributed by atoms with van der Waals surface area (Å²) in [6, 6.07) is 0. The lowest BCUT2D eigenvalue weighted by molar-refractivity contribution is -0.0871. The van der Waals surface area contributed by atoms with Gasteiger partial charge >= 0.3 is 0 Å². The SMILES string of the molecule is C=COC=C.CCCCC(CC)C(O)O. The number of unbranched alkanes of at least 4 members (excludes halogenated alkanes) is 1. The third-order valence-electron chi connectivity index (χ3n) is 2.07. The Labute approximate surface area is 93.1 Å². The molecule has 0 aromatic rings. The van der Waals surface area contributed by atoms with Gasteiger partial charge in [0, 0.05) is 5.92 Å². The summed E-state index contributed by atoms with van der Waals surface area (Å²) in [6.07, 6.45) is 5.53. The number of aliphatic hydroxyl groups excluding tert-OH is 1. The van der Waals surface area contributed by atoms with Crippen molar-refractivity contribution in [1.82, 2.24) is 0 Å². The Balaban J connectivity index is 0. The molecule has 1 unspecified atom stereocenters. The maximum atomic E-state index is 8.79. The third kappa shape index (κ3) is 13.2. The summed E-state index contributed by atoms with van der Waals surface area (Å²) >= 11 is 0. The van der Waals surface area contributed by atoms with Gasteiger partial charge in [-0.3, -0.25) is 0 Å². The van der Waals surface area contributed by atoms with Gasteiger partial charge < -0.3 is 14.9 Å². The molecule has 0 radical (unpaired) electrons. The highest BCUT2D eigenvalue weighted by atomic mass is 16.5. The predicted molar refractivity (Wildman–Crippen MR) is 63.0 cm³/mol. The van der Waals surface area contributed by atoms with Crippen LogP contribution in [-0.2, 0) is 4.74 Å². The van der Waals surface area contributed by atoms with Crippen LogP contribution in [-0.4, -0.2) is 16.5 Å². The van der Waals surface area contributed by atoms with Crippen LogP contribution in [0, 0.1) is 5.92 Å². The van der Waals surface area contributed by atoms with Crippen LogP contribution in [0.4, 0.5) is 0 Å². The molecule has 15 heavy (non-hydrogen) atoms. The fourth-order valence-electron chi connectivity index (χ4n) is 1.10. The molecule has 0 aliphatic carbocycles. The van der Waals surface area contributed by atoms with Crippen LogP contribution < -0.4 is 0 Å². The number of hydrogen-bond donors (Lipinski definition) is 2. The van der Waals surface area contributed by atoms with Gasteiger partial charge in [-0.25, -0.2) is 0 Å². The molecule has 0 heterocycles. The minimum atomic E-state index is -1.11. The number of ether oxygens (including phenoxy) is 1. The van der Waals surface area contributed by atoms with Crippen LogP contribution in [0.1, 0.15) is 39.5 Å². The van der Waals surface area contributed by atoms with E-state index in [0.29, 0.717) is 0 Å². The molecular formula is C12H24O3. The van der Waals surface area contributed by atoms with Gasteiger partial charge in [-0.15, -0.1) is 0 Å². The summed E-state index contributed by atoms with van der Waals surface area (Å²) in [7, 11) is 0. The zero-order valence-corrected chi connectivity index (χ0v) is 9.85. The molecular weight excluding hydrogens is 192 g/mol. The summed E-state index contributed by atoms with van der Waals surface area (Å²) < 4.78 is 4.36. The molecule has 3 nitrogen and oxygen atoms in total. The molecule has 0 aliphatic heterocycles. The minimum Gasteiger partial charge on any atom is -0.474 e. The maximum absolute atomic E-state index is 8.79. The van der Waals surface area contributed by atoms with Gasteiger partial charge in [0.1, 0.15) is 0 Å². The average molecular weight is 216 g/mol. The summed E-state index contributed by atoms with van der Waals surface area (Å²) in [4.78, 5) is 0. The van der Waals surface area contributed by atoms with Gasteiger partial charge in [0.2, 0.25) is 0 Å². The monoisotopic (exact) mass is 216 g/mol. The topological polar surface area (TPSA) is 49.7 Å². The van der Waals surface area contributed by atoms with Crippen LogP contribution in [0.15, 0.2) is 25.7 Å². The molecule has 0 aromatic heterocycles. The van der Waals surface area contributed by atoms with E-state index in [4.69, 9.17) is 10.2 Å². The molecule has 0 fully saturated rings. The van der Waals surface area contributed by atoms with Gasteiger partial charge in [-0.2, -0.15) is 0 Å². The van der Waals surface area contributed by atoms with Gasteiger partial charge in [0.05, 0.1) is 12.5 Å². The van der Waals surface area contributed by atoms with Crippen LogP contribution >= 0.6 is 0 Å². The molecule has 0 bridgehead atoms. The highest BCUT2D eigenvalue weighted by Gasteiger charge is 2.12. The number of rotatable bonds is 7. The van der Waals surface area contributed by atoms with Gasteiger partial charge in [0.25, 0.3) is 0 Å². The van der Waals surface area contributed by atoms with Gasteiger partial charge in [-0.1, -0.05) is 39.8 Å². The Morgan fingerprint density at radius 1 is 1.20 bits per heavy atom. The van der Waals surface area contributed by atoms with Crippen LogP contribution in [0.2, 0.25) is 0 Å². The Kier molecular flexibility index (Phi) is 14.6. The lowest BCUT2D eigenvalue weighted by Gasteiger charge is -2.15. The zero-order valence-electron chi connectivity index (χ0n) is 9.85. The van der Waals surface area contributed by atoms with E-state index < -0.39 is 6.29 Å². The molecule has 0 aromatic carbocycles. The average Bonchev–Trinajstić information content (AvgIpc) is 2.20. The summed E-state index contributed by atoms with van der Waals surface area (Å²) in [5.74, 6) is 0.0833. The minimum absolute atomic E-state index is 0.0833. The second-order valence-electron chi connectivity index (χ2n) is 3.19. The summed E-state index contributed by atoms with van der Waals surface area (Å²) in [5.41, 5.74) is 0. The van der Waals surface area contributed by atoms with Crippen LogP contribution in [0.25, 0.3) is 0 Å². The molecule has 0 spiro atoms. The molecule has 2 N–H and O–H groups in total. The first-order chi connectivity index (χ1) is 7.13. The molecule has 0 rings (SSSR count). The van der Waals surface area contributed by atoms with Crippen molar-refractivity contribution in [3.63, 3.8) is 0 Å². The maximum Gasteiger partial charge on any atom is 0.154 e. The largest absolute Gasteiger partial charge is 0.474 e. The van der Waals surface area contributed by atoms with Gasteiger partial charge in [-0.05, 0) is 12.8 Å². The molecule has 0 saturated carbocycles. The van der Waals surface area contributed by atoms with Crippen molar-refractivity contribution in [2.45, 2.75) is 45.8 Å². The fraction of sp³-hybridized carbons (Fsp3) is 0.667. The number of hydrogen-bond acceptors (Lipinski definition) is 3. The first-order valence-corrected chi connectivity index (χ1v) is 5.37. The van der Waals surface area contributed by atoms with E-state index in [1.807, 2.05) is 6.92 Å². The highest BCUT2D eigenvalue weighted by Crippen LogP contribution is 2.14. The summed E-state index contributed by atoms with van der Waals surface area (Å²) in [6.45, 7) is 10.6. The van der Waals surface area contributed by atoms with Crippen LogP contribution in [0.3, 0.4) is 0 Å².